The van der Waals surface area contributed by atoms with Crippen LogP contribution < -0.4 is 0 Å². The van der Waals surface area contributed by atoms with Crippen molar-refractivity contribution in [1.82, 2.24) is 4.98 Å². The van der Waals surface area contributed by atoms with E-state index >= 15 is 0 Å². The van der Waals surface area contributed by atoms with Gasteiger partial charge in [0.25, 0.3) is 0 Å². The van der Waals surface area contributed by atoms with Crippen LogP contribution in [0.2, 0.25) is 0 Å². The highest BCUT2D eigenvalue weighted by molar-refractivity contribution is 6.26. The summed E-state index contributed by atoms with van der Waals surface area (Å²) in [4.78, 5) is 4.79. The molecule has 0 amide bonds. The van der Waals surface area contributed by atoms with Gasteiger partial charge in [-0.1, -0.05) is 66.7 Å². The Kier molecular flexibility index (Phi) is 3.41. The largest absolute Gasteiger partial charge is 0.389 e. The molecule has 2 heteroatoms. The normalized spacial score (nSPS) is 13.0. The van der Waals surface area contributed by atoms with Crippen molar-refractivity contribution in [3.05, 3.63) is 90.6 Å². The zero-order valence-corrected chi connectivity index (χ0v) is 16.1. The molecule has 1 atom stereocenters. The maximum absolute atomic E-state index is 10.7. The Hall–Kier alpha value is -3.49. The van der Waals surface area contributed by atoms with E-state index in [0.717, 1.165) is 38.4 Å². The van der Waals surface area contributed by atoms with Crippen molar-refractivity contribution >= 4 is 43.1 Å². The Balaban J connectivity index is 1.87. The fourth-order valence-electron chi connectivity index (χ4n) is 4.75. The number of benzene rings is 5. The summed E-state index contributed by atoms with van der Waals surface area (Å²) in [5.41, 5.74) is 2.87. The van der Waals surface area contributed by atoms with Gasteiger partial charge in [0, 0.05) is 17.1 Å². The van der Waals surface area contributed by atoms with Gasteiger partial charge in [0.1, 0.15) is 0 Å². The molecule has 1 aromatic heterocycles. The summed E-state index contributed by atoms with van der Waals surface area (Å²) in [6, 6.07) is 27.6. The first-order valence-corrected chi connectivity index (χ1v) is 9.95. The lowest BCUT2D eigenvalue weighted by molar-refractivity contribution is 0.200. The van der Waals surface area contributed by atoms with Crippen LogP contribution in [-0.4, -0.2) is 10.1 Å². The molecule has 6 rings (SSSR count). The van der Waals surface area contributed by atoms with Crippen LogP contribution in [0.25, 0.3) is 54.3 Å². The van der Waals surface area contributed by atoms with E-state index in [1.165, 1.54) is 21.5 Å². The average molecular weight is 373 g/mol. The Bertz CT molecular complexity index is 1510. The van der Waals surface area contributed by atoms with E-state index in [9.17, 15) is 5.11 Å². The first-order valence-electron chi connectivity index (χ1n) is 9.95. The van der Waals surface area contributed by atoms with Gasteiger partial charge in [-0.05, 0) is 62.3 Å². The van der Waals surface area contributed by atoms with Crippen molar-refractivity contribution in [2.75, 3.05) is 0 Å². The topological polar surface area (TPSA) is 33.1 Å². The summed E-state index contributed by atoms with van der Waals surface area (Å²) in [5, 5.41) is 20.3. The second-order valence-electron chi connectivity index (χ2n) is 7.75. The third-order valence-electron chi connectivity index (χ3n) is 6.04. The lowest BCUT2D eigenvalue weighted by Crippen LogP contribution is -2.00. The SMILES string of the molecule is C[C@@H](O)c1cc2ccc3cccc4ccc(c1-c1nccc5ccccc15)c2c34. The quantitative estimate of drug-likeness (QED) is 0.337. The van der Waals surface area contributed by atoms with Gasteiger partial charge in [-0.3, -0.25) is 4.98 Å². The van der Waals surface area contributed by atoms with Gasteiger partial charge >= 0.3 is 0 Å². The number of aliphatic hydroxyl groups is 1. The zero-order chi connectivity index (χ0) is 19.5. The van der Waals surface area contributed by atoms with E-state index in [1.807, 2.05) is 31.3 Å². The van der Waals surface area contributed by atoms with Gasteiger partial charge in [-0.15, -0.1) is 0 Å². The summed E-state index contributed by atoms with van der Waals surface area (Å²) in [5.74, 6) is 0. The monoisotopic (exact) mass is 373 g/mol. The van der Waals surface area contributed by atoms with Crippen LogP contribution in [0.3, 0.4) is 0 Å². The van der Waals surface area contributed by atoms with Crippen molar-refractivity contribution in [1.29, 1.82) is 0 Å². The summed E-state index contributed by atoms with van der Waals surface area (Å²) in [6.45, 7) is 1.83. The molecule has 0 saturated heterocycles. The highest BCUT2D eigenvalue weighted by Crippen LogP contribution is 2.43. The van der Waals surface area contributed by atoms with Crippen molar-refractivity contribution in [3.63, 3.8) is 0 Å². The summed E-state index contributed by atoms with van der Waals surface area (Å²) in [6.07, 6.45) is 1.27. The lowest BCUT2D eigenvalue weighted by atomic mass is 9.86. The highest BCUT2D eigenvalue weighted by Gasteiger charge is 2.20. The van der Waals surface area contributed by atoms with Crippen LogP contribution in [0.4, 0.5) is 0 Å². The van der Waals surface area contributed by atoms with Crippen molar-refractivity contribution < 1.29 is 5.11 Å². The Morgan fingerprint density at radius 2 is 1.41 bits per heavy atom. The molecule has 0 aliphatic rings. The number of aromatic nitrogens is 1. The van der Waals surface area contributed by atoms with Gasteiger partial charge in [0.05, 0.1) is 11.8 Å². The standard InChI is InChI=1S/C27H19NO/c1-16(29)23-15-20-10-9-18-6-4-7-19-11-12-22(25(20)24(18)19)26(23)27-21-8-3-2-5-17(21)13-14-28-27/h2-16,29H,1H3/t16-/m1/s1. The van der Waals surface area contributed by atoms with Crippen LogP contribution in [0.5, 0.6) is 0 Å². The molecule has 0 unspecified atom stereocenters. The Morgan fingerprint density at radius 1 is 0.690 bits per heavy atom. The maximum atomic E-state index is 10.7. The number of hydrogen-bond donors (Lipinski definition) is 1. The predicted molar refractivity (Wildman–Crippen MR) is 122 cm³/mol. The van der Waals surface area contributed by atoms with Gasteiger partial charge < -0.3 is 5.11 Å². The number of hydrogen-bond acceptors (Lipinski definition) is 2. The summed E-state index contributed by atoms with van der Waals surface area (Å²) in [7, 11) is 0. The molecule has 0 spiro atoms. The van der Waals surface area contributed by atoms with Gasteiger partial charge in [-0.25, -0.2) is 0 Å². The molecule has 0 aliphatic heterocycles. The van der Waals surface area contributed by atoms with E-state index in [1.54, 1.807) is 0 Å². The molecule has 0 aliphatic carbocycles. The molecule has 1 N–H and O–H groups in total. The molecule has 29 heavy (non-hydrogen) atoms. The molecule has 0 saturated carbocycles. The van der Waals surface area contributed by atoms with Crippen LogP contribution in [0.1, 0.15) is 18.6 Å². The summed E-state index contributed by atoms with van der Waals surface area (Å²) >= 11 is 0. The molecule has 0 radical (unpaired) electrons. The fraction of sp³-hybridized carbons (Fsp3) is 0.0741. The third-order valence-corrected chi connectivity index (χ3v) is 6.04. The minimum atomic E-state index is -0.590. The molecule has 0 bridgehead atoms. The zero-order valence-electron chi connectivity index (χ0n) is 16.1. The minimum Gasteiger partial charge on any atom is -0.389 e. The van der Waals surface area contributed by atoms with Gasteiger partial charge in [-0.2, -0.15) is 0 Å². The minimum absolute atomic E-state index is 0.590. The second kappa shape index (κ2) is 6.00. The van der Waals surface area contributed by atoms with Crippen molar-refractivity contribution in [3.8, 4) is 11.3 Å². The number of aliphatic hydroxyl groups excluding tert-OH is 1. The van der Waals surface area contributed by atoms with E-state index in [-0.39, 0.29) is 0 Å². The highest BCUT2D eigenvalue weighted by atomic mass is 16.3. The molecule has 2 nitrogen and oxygen atoms in total. The molecule has 0 fully saturated rings. The van der Waals surface area contributed by atoms with Gasteiger partial charge in [0.15, 0.2) is 0 Å². The van der Waals surface area contributed by atoms with Crippen LogP contribution in [0, 0.1) is 0 Å². The average Bonchev–Trinajstić information content (AvgIpc) is 2.76. The fourth-order valence-corrected chi connectivity index (χ4v) is 4.75. The van der Waals surface area contributed by atoms with E-state index < -0.39 is 6.10 Å². The summed E-state index contributed by atoms with van der Waals surface area (Å²) < 4.78 is 0. The number of pyridine rings is 1. The molecular formula is C27H19NO. The predicted octanol–water partition coefficient (Wildman–Crippen LogP) is 6.85. The second-order valence-corrected chi connectivity index (χ2v) is 7.75. The molecular weight excluding hydrogens is 354 g/mol. The van der Waals surface area contributed by atoms with Crippen LogP contribution >= 0.6 is 0 Å². The van der Waals surface area contributed by atoms with Crippen molar-refractivity contribution in [2.45, 2.75) is 13.0 Å². The van der Waals surface area contributed by atoms with Gasteiger partial charge in [0.2, 0.25) is 0 Å². The first kappa shape index (κ1) is 16.5. The van der Waals surface area contributed by atoms with E-state index in [0.29, 0.717) is 0 Å². The third kappa shape index (κ3) is 2.30. The Morgan fingerprint density at radius 3 is 2.24 bits per heavy atom. The number of fused-ring (bicyclic) bond motifs is 1. The molecule has 1 heterocycles. The smallest absolute Gasteiger partial charge is 0.0790 e. The molecule has 5 aromatic carbocycles. The number of rotatable bonds is 2. The van der Waals surface area contributed by atoms with E-state index in [4.69, 9.17) is 4.98 Å². The Labute approximate surface area is 168 Å². The van der Waals surface area contributed by atoms with Crippen LogP contribution in [-0.2, 0) is 0 Å². The number of nitrogens with zero attached hydrogens (tertiary/aromatic N) is 1. The molecule has 6 aromatic rings. The van der Waals surface area contributed by atoms with Crippen molar-refractivity contribution in [2.24, 2.45) is 0 Å². The first-order chi connectivity index (χ1) is 14.2. The molecule has 138 valence electrons. The van der Waals surface area contributed by atoms with E-state index in [2.05, 4.69) is 60.7 Å². The lowest BCUT2D eigenvalue weighted by Gasteiger charge is -2.20. The maximum Gasteiger partial charge on any atom is 0.0790 e. The van der Waals surface area contributed by atoms with Crippen LogP contribution in [0.15, 0.2) is 85.1 Å².